The molecular formula is C13H16N2O3. The Morgan fingerprint density at radius 1 is 1.56 bits per heavy atom. The first-order valence-electron chi connectivity index (χ1n) is 5.87. The van der Waals surface area contributed by atoms with Crippen molar-refractivity contribution in [3.05, 3.63) is 41.9 Å². The standard InChI is InChI=1S/C13H16N2O3/c1-4-12-14-7-8-15(12)9(2)10-5-6-11(18-10)13(16)17-3/h5-9H,4H2,1-3H3. The van der Waals surface area contributed by atoms with Crippen LogP contribution in [0, 0.1) is 0 Å². The molecule has 0 saturated heterocycles. The summed E-state index contributed by atoms with van der Waals surface area (Å²) in [7, 11) is 1.33. The summed E-state index contributed by atoms with van der Waals surface area (Å²) in [5, 5.41) is 0. The van der Waals surface area contributed by atoms with Gasteiger partial charge in [-0.25, -0.2) is 9.78 Å². The molecule has 2 aromatic rings. The minimum Gasteiger partial charge on any atom is -0.463 e. The zero-order chi connectivity index (χ0) is 13.1. The molecule has 0 spiro atoms. The molecule has 0 fully saturated rings. The van der Waals surface area contributed by atoms with E-state index in [4.69, 9.17) is 4.42 Å². The summed E-state index contributed by atoms with van der Waals surface area (Å²) in [5.74, 6) is 1.45. The van der Waals surface area contributed by atoms with Crippen molar-refractivity contribution in [3.63, 3.8) is 0 Å². The van der Waals surface area contributed by atoms with Gasteiger partial charge in [-0.2, -0.15) is 0 Å². The summed E-state index contributed by atoms with van der Waals surface area (Å²) in [6.07, 6.45) is 4.52. The first-order chi connectivity index (χ1) is 8.67. The van der Waals surface area contributed by atoms with Crippen LogP contribution in [0.25, 0.3) is 0 Å². The topological polar surface area (TPSA) is 57.3 Å². The van der Waals surface area contributed by atoms with Gasteiger partial charge in [-0.15, -0.1) is 0 Å². The maximum atomic E-state index is 11.3. The van der Waals surface area contributed by atoms with Crippen molar-refractivity contribution >= 4 is 5.97 Å². The molecule has 2 rings (SSSR count). The molecule has 18 heavy (non-hydrogen) atoms. The zero-order valence-corrected chi connectivity index (χ0v) is 10.7. The molecule has 2 heterocycles. The maximum absolute atomic E-state index is 11.3. The number of carbonyl (C=O) groups excluding carboxylic acids is 1. The smallest absolute Gasteiger partial charge is 0.373 e. The minimum atomic E-state index is -0.463. The molecule has 0 aliphatic rings. The summed E-state index contributed by atoms with van der Waals surface area (Å²) in [6.45, 7) is 4.05. The van der Waals surface area contributed by atoms with E-state index in [2.05, 4.69) is 9.72 Å². The molecule has 5 heteroatoms. The van der Waals surface area contributed by atoms with Gasteiger partial charge in [0.1, 0.15) is 11.6 Å². The van der Waals surface area contributed by atoms with Crippen LogP contribution < -0.4 is 0 Å². The third-order valence-electron chi connectivity index (χ3n) is 2.91. The van der Waals surface area contributed by atoms with Gasteiger partial charge in [-0.3, -0.25) is 0 Å². The molecule has 0 amide bonds. The Morgan fingerprint density at radius 2 is 2.33 bits per heavy atom. The van der Waals surface area contributed by atoms with E-state index >= 15 is 0 Å². The average Bonchev–Trinajstić information content (AvgIpc) is 3.05. The number of carbonyl (C=O) groups is 1. The molecule has 0 aliphatic carbocycles. The number of furan rings is 1. The van der Waals surface area contributed by atoms with Gasteiger partial charge in [0.15, 0.2) is 0 Å². The van der Waals surface area contributed by atoms with E-state index in [0.29, 0.717) is 5.76 Å². The lowest BCUT2D eigenvalue weighted by Crippen LogP contribution is -2.08. The van der Waals surface area contributed by atoms with Crippen LogP contribution in [0.1, 0.15) is 42.0 Å². The van der Waals surface area contributed by atoms with Crippen molar-refractivity contribution in [2.45, 2.75) is 26.3 Å². The average molecular weight is 248 g/mol. The summed E-state index contributed by atoms with van der Waals surface area (Å²) in [4.78, 5) is 15.6. The van der Waals surface area contributed by atoms with Gasteiger partial charge >= 0.3 is 5.97 Å². The predicted molar refractivity (Wildman–Crippen MR) is 65.5 cm³/mol. The number of methoxy groups -OCH3 is 1. The van der Waals surface area contributed by atoms with Crippen LogP contribution in [0.15, 0.2) is 28.9 Å². The van der Waals surface area contributed by atoms with E-state index in [0.717, 1.165) is 12.2 Å². The number of hydrogen-bond donors (Lipinski definition) is 0. The van der Waals surface area contributed by atoms with Gasteiger partial charge in [-0.05, 0) is 19.1 Å². The third kappa shape index (κ3) is 2.16. The summed E-state index contributed by atoms with van der Waals surface area (Å²) >= 11 is 0. The van der Waals surface area contributed by atoms with Crippen LogP contribution in [0.5, 0.6) is 0 Å². The minimum absolute atomic E-state index is 0.000793. The SMILES string of the molecule is CCc1nccn1C(C)c1ccc(C(=O)OC)o1. The normalized spacial score (nSPS) is 12.4. The lowest BCUT2D eigenvalue weighted by atomic mass is 10.2. The summed E-state index contributed by atoms with van der Waals surface area (Å²) < 4.78 is 12.1. The molecule has 0 radical (unpaired) electrons. The van der Waals surface area contributed by atoms with Gasteiger partial charge in [-0.1, -0.05) is 6.92 Å². The highest BCUT2D eigenvalue weighted by Crippen LogP contribution is 2.22. The Bertz CT molecular complexity index is 542. The number of aryl methyl sites for hydroxylation is 1. The second-order valence-electron chi connectivity index (χ2n) is 3.97. The van der Waals surface area contributed by atoms with Crippen molar-refractivity contribution in [2.24, 2.45) is 0 Å². The lowest BCUT2D eigenvalue weighted by molar-refractivity contribution is 0.0562. The number of aromatic nitrogens is 2. The second-order valence-corrected chi connectivity index (χ2v) is 3.97. The van der Waals surface area contributed by atoms with Crippen molar-refractivity contribution in [1.82, 2.24) is 9.55 Å². The molecule has 0 N–H and O–H groups in total. The molecule has 0 bridgehead atoms. The largest absolute Gasteiger partial charge is 0.463 e. The molecule has 96 valence electrons. The lowest BCUT2D eigenvalue weighted by Gasteiger charge is -2.13. The number of hydrogen-bond acceptors (Lipinski definition) is 4. The Labute approximate surface area is 105 Å². The first-order valence-corrected chi connectivity index (χ1v) is 5.87. The number of rotatable bonds is 4. The van der Waals surface area contributed by atoms with Crippen LogP contribution in [-0.4, -0.2) is 22.6 Å². The van der Waals surface area contributed by atoms with Crippen molar-refractivity contribution in [3.8, 4) is 0 Å². The Balaban J connectivity index is 2.26. The first kappa shape index (κ1) is 12.4. The number of nitrogens with zero attached hydrogens (tertiary/aromatic N) is 2. The highest BCUT2D eigenvalue weighted by Gasteiger charge is 2.17. The summed E-state index contributed by atoms with van der Waals surface area (Å²) in [5.41, 5.74) is 0. The van der Waals surface area contributed by atoms with Crippen LogP contribution in [0.3, 0.4) is 0 Å². The van der Waals surface area contributed by atoms with Crippen molar-refractivity contribution in [2.75, 3.05) is 7.11 Å². The van der Waals surface area contributed by atoms with Crippen LogP contribution >= 0.6 is 0 Å². The third-order valence-corrected chi connectivity index (χ3v) is 2.91. The fourth-order valence-electron chi connectivity index (χ4n) is 1.90. The van der Waals surface area contributed by atoms with Gasteiger partial charge in [0, 0.05) is 18.8 Å². The molecule has 1 atom stereocenters. The molecular weight excluding hydrogens is 232 g/mol. The van der Waals surface area contributed by atoms with E-state index in [1.807, 2.05) is 24.6 Å². The molecule has 2 aromatic heterocycles. The number of imidazole rings is 1. The Morgan fingerprint density at radius 3 is 3.00 bits per heavy atom. The molecule has 5 nitrogen and oxygen atoms in total. The van der Waals surface area contributed by atoms with Gasteiger partial charge in [0.25, 0.3) is 0 Å². The number of ether oxygens (including phenoxy) is 1. The predicted octanol–water partition coefficient (Wildman–Crippen LogP) is 2.43. The van der Waals surface area contributed by atoms with Crippen LogP contribution in [0.2, 0.25) is 0 Å². The second kappa shape index (κ2) is 5.08. The highest BCUT2D eigenvalue weighted by molar-refractivity contribution is 5.86. The maximum Gasteiger partial charge on any atom is 0.373 e. The van der Waals surface area contributed by atoms with E-state index in [-0.39, 0.29) is 11.8 Å². The molecule has 0 aromatic carbocycles. The zero-order valence-electron chi connectivity index (χ0n) is 10.7. The van der Waals surface area contributed by atoms with Crippen molar-refractivity contribution < 1.29 is 13.9 Å². The van der Waals surface area contributed by atoms with E-state index in [9.17, 15) is 4.79 Å². The van der Waals surface area contributed by atoms with Crippen molar-refractivity contribution in [1.29, 1.82) is 0 Å². The van der Waals surface area contributed by atoms with Gasteiger partial charge < -0.3 is 13.7 Å². The quantitative estimate of drug-likeness (QED) is 0.780. The number of esters is 1. The van der Waals surface area contributed by atoms with Crippen LogP contribution in [0.4, 0.5) is 0 Å². The van der Waals surface area contributed by atoms with E-state index < -0.39 is 5.97 Å². The summed E-state index contributed by atoms with van der Waals surface area (Å²) in [6, 6.07) is 3.41. The van der Waals surface area contributed by atoms with E-state index in [1.54, 1.807) is 18.3 Å². The van der Waals surface area contributed by atoms with E-state index in [1.165, 1.54) is 7.11 Å². The van der Waals surface area contributed by atoms with Gasteiger partial charge in [0.2, 0.25) is 5.76 Å². The Hall–Kier alpha value is -2.04. The molecule has 1 unspecified atom stereocenters. The van der Waals surface area contributed by atoms with Gasteiger partial charge in [0.05, 0.1) is 13.2 Å². The molecule has 0 saturated carbocycles. The molecule has 0 aliphatic heterocycles. The fourth-order valence-corrected chi connectivity index (χ4v) is 1.90. The Kier molecular flexibility index (Phi) is 3.50. The fraction of sp³-hybridized carbons (Fsp3) is 0.385. The monoisotopic (exact) mass is 248 g/mol. The highest BCUT2D eigenvalue weighted by atomic mass is 16.5. The van der Waals surface area contributed by atoms with Crippen LogP contribution in [-0.2, 0) is 11.2 Å².